The van der Waals surface area contributed by atoms with E-state index in [9.17, 15) is 39.0 Å². The quantitative estimate of drug-likeness (QED) is 0.114. The molecule has 0 bridgehead atoms. The van der Waals surface area contributed by atoms with E-state index in [0.29, 0.717) is 5.69 Å². The summed E-state index contributed by atoms with van der Waals surface area (Å²) in [5.74, 6) is -3.36. The number of carboxylic acid groups (broad SMARTS) is 1. The van der Waals surface area contributed by atoms with E-state index in [1.807, 2.05) is 6.07 Å². The number of H-pyrrole nitrogens is 1. The Hall–Kier alpha value is -5.58. The van der Waals surface area contributed by atoms with Gasteiger partial charge in [-0.25, -0.2) is 14.6 Å². The van der Waals surface area contributed by atoms with Crippen LogP contribution >= 0.6 is 11.8 Å². The van der Waals surface area contributed by atoms with Crippen molar-refractivity contribution < 1.29 is 34.2 Å². The van der Waals surface area contributed by atoms with Crippen LogP contribution in [0.3, 0.4) is 0 Å². The van der Waals surface area contributed by atoms with Gasteiger partial charge < -0.3 is 36.8 Å². The Balaban J connectivity index is 1.33. The van der Waals surface area contributed by atoms with Crippen LogP contribution in [-0.4, -0.2) is 77.1 Å². The molecule has 1 aromatic heterocycles. The molecule has 5 amide bonds. The van der Waals surface area contributed by atoms with Gasteiger partial charge in [0.15, 0.2) is 0 Å². The molecule has 16 nitrogen and oxygen atoms in total. The zero-order valence-corrected chi connectivity index (χ0v) is 24.5. The van der Waals surface area contributed by atoms with Crippen molar-refractivity contribution in [3.63, 3.8) is 0 Å². The van der Waals surface area contributed by atoms with Crippen LogP contribution < -0.4 is 32.1 Å². The fourth-order valence-electron chi connectivity index (χ4n) is 5.25. The maximum absolute atomic E-state index is 13.6. The van der Waals surface area contributed by atoms with E-state index >= 15 is 0 Å². The van der Waals surface area contributed by atoms with Crippen LogP contribution in [-0.2, 0) is 19.2 Å². The first-order valence-corrected chi connectivity index (χ1v) is 14.3. The first kappa shape index (κ1) is 30.9. The first-order chi connectivity index (χ1) is 21.4. The van der Waals surface area contributed by atoms with Gasteiger partial charge in [-0.05, 0) is 32.0 Å². The van der Waals surface area contributed by atoms with Crippen molar-refractivity contribution in [2.24, 2.45) is 0 Å². The summed E-state index contributed by atoms with van der Waals surface area (Å²) in [6, 6.07) is 10.8. The molecule has 2 aliphatic rings. The molecular weight excluding hydrogens is 608 g/mol. The van der Waals surface area contributed by atoms with Gasteiger partial charge >= 0.3 is 12.0 Å². The second-order valence-electron chi connectivity index (χ2n) is 10.5. The highest BCUT2D eigenvalue weighted by molar-refractivity contribution is 8.01. The Kier molecular flexibility index (Phi) is 8.12. The highest BCUT2D eigenvalue weighted by Crippen LogP contribution is 2.55. The number of amides is 5. The van der Waals surface area contributed by atoms with E-state index in [1.54, 1.807) is 38.1 Å². The third kappa shape index (κ3) is 5.48. The van der Waals surface area contributed by atoms with E-state index < -0.39 is 57.2 Å². The number of β-lactam (4-membered cyclic amide) rings is 1. The Morgan fingerprint density at radius 2 is 1.78 bits per heavy atom. The molecule has 17 heteroatoms. The number of nitrogens with one attached hydrogen (secondary N) is 6. The van der Waals surface area contributed by atoms with Crippen molar-refractivity contribution in [3.8, 4) is 5.75 Å². The molecule has 3 heterocycles. The van der Waals surface area contributed by atoms with Crippen LogP contribution in [0.25, 0.3) is 0 Å². The average molecular weight is 637 g/mol. The Morgan fingerprint density at radius 3 is 2.42 bits per heavy atom. The number of benzene rings is 2. The highest BCUT2D eigenvalue weighted by Gasteiger charge is 2.73. The lowest BCUT2D eigenvalue weighted by Gasteiger charge is -2.49. The molecule has 2 aliphatic heterocycles. The molecule has 3 aromatic rings. The molecule has 0 radical (unpaired) electrons. The standard InChI is InChI=1S/C28H28N8O8S/c1-27(2)28(24(42)43,30-13-37)36-22(41)19(23(36)45-27)33-21(40)18(15-10-6-7-11-17(15)38)34-26(44)32-16-12-29-25(35-20(16)39)31-14-8-4-3-5-9-14/h3-13,18-19,23,38H,1-2H3,(H,30,37)(H,33,40)(H,42,43)(H2,32,34,44)(H2,29,31,35,39)/t18?,19-,23+,28-/m0/s1. The average Bonchev–Trinajstić information content (AvgIpc) is 3.21. The second kappa shape index (κ2) is 11.8. The number of fused-ring (bicyclic) bond motifs is 1. The number of aromatic hydroxyl groups is 1. The molecular formula is C28H28N8O8S. The Labute approximate surface area is 259 Å². The number of thioether (sulfide) groups is 1. The van der Waals surface area contributed by atoms with Gasteiger partial charge in [0.25, 0.3) is 11.5 Å². The van der Waals surface area contributed by atoms with E-state index in [-0.39, 0.29) is 29.4 Å². The predicted molar refractivity (Wildman–Crippen MR) is 161 cm³/mol. The minimum atomic E-state index is -2.06. The molecule has 0 aliphatic carbocycles. The first-order valence-electron chi connectivity index (χ1n) is 13.4. The van der Waals surface area contributed by atoms with Crippen LogP contribution in [0.4, 0.5) is 22.1 Å². The molecule has 0 spiro atoms. The number of anilines is 3. The normalized spacial score (nSPS) is 21.8. The fraction of sp³-hybridized carbons (Fsp3) is 0.250. The largest absolute Gasteiger partial charge is 0.508 e. The van der Waals surface area contributed by atoms with Crippen molar-refractivity contribution in [3.05, 3.63) is 76.7 Å². The maximum atomic E-state index is 13.6. The smallest absolute Gasteiger partial charge is 0.352 e. The van der Waals surface area contributed by atoms with Gasteiger partial charge in [0, 0.05) is 11.3 Å². The summed E-state index contributed by atoms with van der Waals surface area (Å²) in [5, 5.41) is 32.0. The van der Waals surface area contributed by atoms with Gasteiger partial charge in [-0.2, -0.15) is 0 Å². The molecule has 234 valence electrons. The number of hydrogen-bond acceptors (Lipinski definition) is 10. The third-order valence-corrected chi connectivity index (χ3v) is 9.04. The molecule has 2 fully saturated rings. The van der Waals surface area contributed by atoms with Crippen LogP contribution in [0.1, 0.15) is 25.5 Å². The summed E-state index contributed by atoms with van der Waals surface area (Å²) >= 11 is 1.06. The van der Waals surface area contributed by atoms with Gasteiger partial charge in [0.2, 0.25) is 23.9 Å². The van der Waals surface area contributed by atoms with E-state index in [4.69, 9.17) is 0 Å². The molecule has 2 saturated heterocycles. The minimum Gasteiger partial charge on any atom is -0.508 e. The molecule has 0 saturated carbocycles. The van der Waals surface area contributed by atoms with Crippen molar-refractivity contribution in [1.82, 2.24) is 30.8 Å². The van der Waals surface area contributed by atoms with Gasteiger partial charge in [-0.1, -0.05) is 36.4 Å². The molecule has 2 aromatic carbocycles. The van der Waals surface area contributed by atoms with Crippen LogP contribution in [0.5, 0.6) is 5.75 Å². The lowest BCUT2D eigenvalue weighted by molar-refractivity contribution is -0.175. The molecule has 45 heavy (non-hydrogen) atoms. The zero-order valence-electron chi connectivity index (χ0n) is 23.7. The Bertz CT molecular complexity index is 1730. The number of urea groups is 1. The lowest BCUT2D eigenvalue weighted by atomic mass is 9.88. The number of nitrogens with zero attached hydrogens (tertiary/aromatic N) is 2. The monoisotopic (exact) mass is 636 g/mol. The maximum Gasteiger partial charge on any atom is 0.352 e. The number of aromatic amines is 1. The number of para-hydroxylation sites is 2. The zero-order chi connectivity index (χ0) is 32.5. The van der Waals surface area contributed by atoms with Crippen LogP contribution in [0.15, 0.2) is 65.6 Å². The summed E-state index contributed by atoms with van der Waals surface area (Å²) < 4.78 is -1.19. The number of aromatic nitrogens is 2. The van der Waals surface area contributed by atoms with E-state index in [2.05, 4.69) is 36.6 Å². The van der Waals surface area contributed by atoms with Crippen molar-refractivity contribution in [1.29, 1.82) is 0 Å². The number of aliphatic carboxylic acids is 1. The third-order valence-electron chi connectivity index (χ3n) is 7.44. The van der Waals surface area contributed by atoms with Crippen LogP contribution in [0.2, 0.25) is 0 Å². The summed E-state index contributed by atoms with van der Waals surface area (Å²) in [6.07, 6.45) is 1.31. The van der Waals surface area contributed by atoms with Crippen molar-refractivity contribution in [2.45, 2.75) is 41.7 Å². The summed E-state index contributed by atoms with van der Waals surface area (Å²) in [6.45, 7) is 3.09. The molecule has 8 N–H and O–H groups in total. The SMILES string of the molecule is CC1(C)S[C@@H]2[C@@H](NC(=O)C(NC(=O)Nc3cnc(Nc4ccccc4)[nH]c3=O)c3ccccc3O)C(=O)N2[C@@]1(NC=O)C(=O)O. The summed E-state index contributed by atoms with van der Waals surface area (Å²) in [7, 11) is 0. The molecule has 1 unspecified atom stereocenters. The topological polar surface area (TPSA) is 235 Å². The number of phenols is 1. The molecule has 4 atom stereocenters. The van der Waals surface area contributed by atoms with Gasteiger partial charge in [-0.3, -0.25) is 29.1 Å². The second-order valence-corrected chi connectivity index (χ2v) is 12.3. The highest BCUT2D eigenvalue weighted by atomic mass is 32.2. The van der Waals surface area contributed by atoms with Gasteiger partial charge in [0.1, 0.15) is 28.9 Å². The van der Waals surface area contributed by atoms with Gasteiger partial charge in [0.05, 0.1) is 10.9 Å². The van der Waals surface area contributed by atoms with Crippen molar-refractivity contribution in [2.75, 3.05) is 10.6 Å². The van der Waals surface area contributed by atoms with Crippen LogP contribution in [0, 0.1) is 0 Å². The summed E-state index contributed by atoms with van der Waals surface area (Å²) in [5.41, 5.74) is -2.37. The minimum absolute atomic E-state index is 0.0230. The van der Waals surface area contributed by atoms with Crippen molar-refractivity contribution >= 4 is 59.3 Å². The number of phenolic OH excluding ortho intramolecular Hbond substituents is 1. The van der Waals surface area contributed by atoms with E-state index in [0.717, 1.165) is 22.9 Å². The number of carboxylic acids is 1. The fourth-order valence-corrected chi connectivity index (χ4v) is 6.96. The van der Waals surface area contributed by atoms with E-state index in [1.165, 1.54) is 24.3 Å². The number of carbonyl (C=O) groups excluding carboxylic acids is 4. The molecule has 5 rings (SSSR count). The Morgan fingerprint density at radius 1 is 1.09 bits per heavy atom. The number of hydrogen-bond donors (Lipinski definition) is 8. The van der Waals surface area contributed by atoms with Gasteiger partial charge in [-0.15, -0.1) is 11.8 Å². The lowest BCUT2D eigenvalue weighted by Crippen LogP contribution is -2.79. The summed E-state index contributed by atoms with van der Waals surface area (Å²) in [4.78, 5) is 83.6. The predicted octanol–water partition coefficient (Wildman–Crippen LogP) is 0.787. The number of rotatable bonds is 10. The number of carbonyl (C=O) groups is 5.